The van der Waals surface area contributed by atoms with Gasteiger partial charge >= 0.3 is 5.97 Å². The molecule has 198 valence electrons. The van der Waals surface area contributed by atoms with Crippen molar-refractivity contribution in [3.05, 3.63) is 137 Å². The van der Waals surface area contributed by atoms with Gasteiger partial charge in [0.2, 0.25) is 0 Å². The Bertz CT molecular complexity index is 1710. The number of rotatable bonds is 9. The zero-order valence-electron chi connectivity index (χ0n) is 21.5. The van der Waals surface area contributed by atoms with Gasteiger partial charge in [-0.25, -0.2) is 9.18 Å². The summed E-state index contributed by atoms with van der Waals surface area (Å²) in [5.74, 6) is -0.475. The summed E-state index contributed by atoms with van der Waals surface area (Å²) in [7, 11) is 0. The first-order valence-electron chi connectivity index (χ1n) is 12.5. The second kappa shape index (κ2) is 11.6. The third kappa shape index (κ3) is 6.05. The third-order valence-corrected chi connectivity index (χ3v) is 6.21. The summed E-state index contributed by atoms with van der Waals surface area (Å²) in [6.07, 6.45) is 2.99. The number of ether oxygens (including phenoxy) is 2. The molecule has 0 aliphatic carbocycles. The van der Waals surface area contributed by atoms with E-state index in [0.717, 1.165) is 5.56 Å². The molecule has 0 fully saturated rings. The standard InChI is InChI=1S/C33H24FNO5/c1-21(33(37)38)17-22-7-13-26(14-8-22)40-32-28-16-15-27(39-20-23-5-3-2-4-6-23)18-30(28)35-19-29(32)31(36)24-9-11-25(34)12-10-24/h2-19H,20H2,1H3,(H,37,38)/b21-17+. The van der Waals surface area contributed by atoms with Crippen LogP contribution < -0.4 is 9.47 Å². The smallest absolute Gasteiger partial charge is 0.331 e. The Labute approximate surface area is 230 Å². The van der Waals surface area contributed by atoms with Gasteiger partial charge in [-0.2, -0.15) is 0 Å². The fraction of sp³-hybridized carbons (Fsp3) is 0.0606. The SMILES string of the molecule is C/C(=C\c1ccc(Oc2c(C(=O)c3ccc(F)cc3)cnc3cc(OCc4ccccc4)ccc23)cc1)C(=O)O. The van der Waals surface area contributed by atoms with Crippen LogP contribution in [0, 0.1) is 5.82 Å². The Morgan fingerprint density at radius 1 is 0.900 bits per heavy atom. The molecular weight excluding hydrogens is 509 g/mol. The maximum Gasteiger partial charge on any atom is 0.331 e. The molecule has 4 aromatic carbocycles. The summed E-state index contributed by atoms with van der Waals surface area (Å²) in [6.45, 7) is 1.90. The summed E-state index contributed by atoms with van der Waals surface area (Å²) < 4.78 is 25.7. The highest BCUT2D eigenvalue weighted by Crippen LogP contribution is 2.36. The minimum absolute atomic E-state index is 0.200. The first-order chi connectivity index (χ1) is 19.4. The van der Waals surface area contributed by atoms with Crippen LogP contribution in [0.15, 0.2) is 109 Å². The number of fused-ring (bicyclic) bond motifs is 1. The number of nitrogens with zero attached hydrogens (tertiary/aromatic N) is 1. The molecule has 5 rings (SSSR count). The number of carboxylic acids is 1. The lowest BCUT2D eigenvalue weighted by Crippen LogP contribution is -2.05. The highest BCUT2D eigenvalue weighted by molar-refractivity contribution is 6.13. The molecule has 5 aromatic rings. The zero-order chi connectivity index (χ0) is 28.1. The van der Waals surface area contributed by atoms with E-state index in [0.29, 0.717) is 45.9 Å². The first kappa shape index (κ1) is 26.3. The lowest BCUT2D eigenvalue weighted by molar-refractivity contribution is -0.132. The van der Waals surface area contributed by atoms with Crippen molar-refractivity contribution in [1.29, 1.82) is 0 Å². The van der Waals surface area contributed by atoms with Gasteiger partial charge in [0.15, 0.2) is 5.78 Å². The van der Waals surface area contributed by atoms with Crippen LogP contribution in [0.5, 0.6) is 17.2 Å². The Hall–Kier alpha value is -5.30. The van der Waals surface area contributed by atoms with Crippen LogP contribution >= 0.6 is 0 Å². The summed E-state index contributed by atoms with van der Waals surface area (Å²) in [4.78, 5) is 29.1. The number of carboxylic acid groups (broad SMARTS) is 1. The molecular formula is C33H24FNO5. The van der Waals surface area contributed by atoms with Crippen molar-refractivity contribution in [2.45, 2.75) is 13.5 Å². The summed E-state index contributed by atoms with van der Waals surface area (Å²) in [5.41, 5.74) is 2.98. The van der Waals surface area contributed by atoms with E-state index in [2.05, 4.69) is 4.98 Å². The van der Waals surface area contributed by atoms with E-state index in [9.17, 15) is 14.0 Å². The monoisotopic (exact) mass is 533 g/mol. The highest BCUT2D eigenvalue weighted by Gasteiger charge is 2.20. The molecule has 0 unspecified atom stereocenters. The summed E-state index contributed by atoms with van der Waals surface area (Å²) in [5, 5.41) is 9.72. The third-order valence-electron chi connectivity index (χ3n) is 6.21. The Morgan fingerprint density at radius 2 is 1.60 bits per heavy atom. The van der Waals surface area contributed by atoms with Crippen molar-refractivity contribution in [2.75, 3.05) is 0 Å². The number of ketones is 1. The molecule has 1 heterocycles. The highest BCUT2D eigenvalue weighted by atomic mass is 19.1. The number of aromatic nitrogens is 1. The van der Waals surface area contributed by atoms with Crippen LogP contribution in [-0.4, -0.2) is 21.8 Å². The normalized spacial score (nSPS) is 11.3. The van der Waals surface area contributed by atoms with Gasteiger partial charge in [-0.15, -0.1) is 0 Å². The maximum absolute atomic E-state index is 13.5. The molecule has 1 aromatic heterocycles. The van der Waals surface area contributed by atoms with E-state index in [1.165, 1.54) is 37.4 Å². The average Bonchev–Trinajstić information content (AvgIpc) is 2.97. The van der Waals surface area contributed by atoms with Gasteiger partial charge in [-0.05, 0) is 72.7 Å². The lowest BCUT2D eigenvalue weighted by atomic mass is 10.0. The van der Waals surface area contributed by atoms with Gasteiger partial charge in [0.1, 0.15) is 29.7 Å². The molecule has 0 radical (unpaired) electrons. The summed E-state index contributed by atoms with van der Waals surface area (Å²) in [6, 6.07) is 27.2. The Balaban J connectivity index is 1.51. The fourth-order valence-electron chi connectivity index (χ4n) is 4.07. The largest absolute Gasteiger partial charge is 0.489 e. The molecule has 6 nitrogen and oxygen atoms in total. The van der Waals surface area contributed by atoms with Crippen molar-refractivity contribution in [3.8, 4) is 17.2 Å². The van der Waals surface area contributed by atoms with Crippen LogP contribution in [-0.2, 0) is 11.4 Å². The molecule has 0 aliphatic heterocycles. The number of pyridine rings is 1. The minimum atomic E-state index is -1.00. The number of carbonyl (C=O) groups excluding carboxylic acids is 1. The minimum Gasteiger partial charge on any atom is -0.489 e. The van der Waals surface area contributed by atoms with Crippen molar-refractivity contribution < 1.29 is 28.6 Å². The first-order valence-corrected chi connectivity index (χ1v) is 12.5. The number of benzene rings is 4. The molecule has 1 N–H and O–H groups in total. The van der Waals surface area contributed by atoms with Gasteiger partial charge in [-0.3, -0.25) is 9.78 Å². The number of aliphatic carboxylic acids is 1. The van der Waals surface area contributed by atoms with Crippen molar-refractivity contribution in [3.63, 3.8) is 0 Å². The number of carbonyl (C=O) groups is 2. The summed E-state index contributed by atoms with van der Waals surface area (Å²) >= 11 is 0. The van der Waals surface area contributed by atoms with Gasteiger partial charge in [0, 0.05) is 28.8 Å². The Morgan fingerprint density at radius 3 is 2.30 bits per heavy atom. The lowest BCUT2D eigenvalue weighted by Gasteiger charge is -2.15. The second-order valence-electron chi connectivity index (χ2n) is 9.09. The molecule has 0 spiro atoms. The van der Waals surface area contributed by atoms with Gasteiger partial charge in [0.05, 0.1) is 11.1 Å². The number of hydrogen-bond donors (Lipinski definition) is 1. The van der Waals surface area contributed by atoms with Crippen LogP contribution in [0.3, 0.4) is 0 Å². The Kier molecular flexibility index (Phi) is 7.64. The quantitative estimate of drug-likeness (QED) is 0.156. The number of halogens is 1. The second-order valence-corrected chi connectivity index (χ2v) is 9.09. The molecule has 0 bridgehead atoms. The van der Waals surface area contributed by atoms with E-state index in [1.807, 2.05) is 30.3 Å². The van der Waals surface area contributed by atoms with E-state index >= 15 is 0 Å². The predicted octanol–water partition coefficient (Wildman–Crippen LogP) is 7.46. The maximum atomic E-state index is 13.5. The topological polar surface area (TPSA) is 85.7 Å². The van der Waals surface area contributed by atoms with E-state index < -0.39 is 11.8 Å². The molecule has 0 saturated heterocycles. The van der Waals surface area contributed by atoms with E-state index in [1.54, 1.807) is 48.5 Å². The molecule has 0 saturated carbocycles. The average molecular weight is 534 g/mol. The van der Waals surface area contributed by atoms with E-state index in [-0.39, 0.29) is 16.9 Å². The van der Waals surface area contributed by atoms with Crippen LogP contribution in [0.2, 0.25) is 0 Å². The van der Waals surface area contributed by atoms with Crippen LogP contribution in [0.25, 0.3) is 17.0 Å². The van der Waals surface area contributed by atoms with Crippen LogP contribution in [0.1, 0.15) is 34.0 Å². The zero-order valence-corrected chi connectivity index (χ0v) is 21.5. The molecule has 0 amide bonds. The molecule has 7 heteroatoms. The van der Waals surface area contributed by atoms with Crippen molar-refractivity contribution >= 4 is 28.7 Å². The number of hydrogen-bond acceptors (Lipinski definition) is 5. The van der Waals surface area contributed by atoms with Crippen molar-refractivity contribution in [2.24, 2.45) is 0 Å². The van der Waals surface area contributed by atoms with Gasteiger partial charge in [-0.1, -0.05) is 42.5 Å². The molecule has 40 heavy (non-hydrogen) atoms. The van der Waals surface area contributed by atoms with Gasteiger partial charge in [0.25, 0.3) is 0 Å². The van der Waals surface area contributed by atoms with Gasteiger partial charge < -0.3 is 14.6 Å². The van der Waals surface area contributed by atoms with E-state index in [4.69, 9.17) is 14.6 Å². The fourth-order valence-corrected chi connectivity index (χ4v) is 4.07. The molecule has 0 atom stereocenters. The van der Waals surface area contributed by atoms with Crippen molar-refractivity contribution in [1.82, 2.24) is 4.98 Å². The predicted molar refractivity (Wildman–Crippen MR) is 150 cm³/mol. The van der Waals surface area contributed by atoms with Crippen LogP contribution in [0.4, 0.5) is 4.39 Å². The molecule has 0 aliphatic rings.